The Morgan fingerprint density at radius 1 is 1.06 bits per heavy atom. The summed E-state index contributed by atoms with van der Waals surface area (Å²) in [6.07, 6.45) is -11.6. The van der Waals surface area contributed by atoms with Crippen molar-refractivity contribution in [2.75, 3.05) is 6.54 Å². The number of benzene rings is 1. The molecule has 2 aliphatic rings. The van der Waals surface area contributed by atoms with Gasteiger partial charge in [0.25, 0.3) is 0 Å². The minimum absolute atomic E-state index is 0.102. The molecule has 3 rings (SSSR count). The summed E-state index contributed by atoms with van der Waals surface area (Å²) in [5.41, 5.74) is 1.83. The van der Waals surface area contributed by atoms with Gasteiger partial charge in [0.05, 0.1) is 0 Å². The van der Waals surface area contributed by atoms with Crippen molar-refractivity contribution in [2.45, 2.75) is 74.5 Å². The van der Waals surface area contributed by atoms with Crippen LogP contribution in [0.2, 0.25) is 0 Å². The molecule has 2 fully saturated rings. The van der Waals surface area contributed by atoms with Crippen molar-refractivity contribution >= 4 is 5.91 Å². The number of carbonyl (C=O) groups is 1. The second-order valence-electron chi connectivity index (χ2n) is 8.79. The monoisotopic (exact) mass is 452 g/mol. The highest BCUT2D eigenvalue weighted by atomic mass is 19.4. The van der Waals surface area contributed by atoms with Crippen molar-refractivity contribution in [3.05, 3.63) is 35.9 Å². The summed E-state index contributed by atoms with van der Waals surface area (Å²) in [7, 11) is 0. The van der Waals surface area contributed by atoms with Crippen LogP contribution in [0.4, 0.5) is 26.3 Å². The number of carbonyl (C=O) groups excluding carboxylic acids is 1. The summed E-state index contributed by atoms with van der Waals surface area (Å²) in [5.74, 6) is -1.74. The number of aliphatic hydroxyl groups is 1. The first kappa shape index (κ1) is 23.8. The molecule has 1 saturated carbocycles. The highest BCUT2D eigenvalue weighted by Gasteiger charge is 2.60. The number of amides is 1. The number of hydrogen-bond donors (Lipinski definition) is 2. The van der Waals surface area contributed by atoms with E-state index in [-0.39, 0.29) is 32.2 Å². The van der Waals surface area contributed by atoms with Gasteiger partial charge in [0, 0.05) is 18.0 Å². The van der Waals surface area contributed by atoms with Crippen LogP contribution in [-0.2, 0) is 11.2 Å². The number of likely N-dealkylation sites (tertiary alicyclic amines) is 1. The van der Waals surface area contributed by atoms with E-state index in [0.29, 0.717) is 5.56 Å². The van der Waals surface area contributed by atoms with Gasteiger partial charge in [-0.3, -0.25) is 9.69 Å². The molecule has 2 atom stereocenters. The predicted octanol–water partition coefficient (Wildman–Crippen LogP) is 3.96. The molecule has 1 saturated heterocycles. The van der Waals surface area contributed by atoms with Gasteiger partial charge >= 0.3 is 12.4 Å². The molecule has 0 aromatic heterocycles. The Bertz CT molecular complexity index is 772. The average Bonchev–Trinajstić information content (AvgIpc) is 2.69. The summed E-state index contributed by atoms with van der Waals surface area (Å²) in [6, 6.07) is 6.66. The number of halogens is 6. The molecule has 1 amide bonds. The van der Waals surface area contributed by atoms with Gasteiger partial charge in [-0.2, -0.15) is 26.3 Å². The van der Waals surface area contributed by atoms with Crippen LogP contribution in [0.3, 0.4) is 0 Å². The minimum atomic E-state index is -4.85. The number of hydrogen-bond acceptors (Lipinski definition) is 3. The van der Waals surface area contributed by atoms with E-state index < -0.39 is 60.6 Å². The third-order valence-electron chi connectivity index (χ3n) is 6.90. The molecule has 3 N–H and O–H groups in total. The Balaban J connectivity index is 1.97. The van der Waals surface area contributed by atoms with Crippen LogP contribution < -0.4 is 5.73 Å². The van der Waals surface area contributed by atoms with E-state index in [1.165, 1.54) is 4.90 Å². The first-order valence-electron chi connectivity index (χ1n) is 10.2. The van der Waals surface area contributed by atoms with Crippen molar-refractivity contribution in [2.24, 2.45) is 11.7 Å². The predicted molar refractivity (Wildman–Crippen MR) is 101 cm³/mol. The lowest BCUT2D eigenvalue weighted by atomic mass is 9.68. The molecule has 1 heterocycles. The highest BCUT2D eigenvalue weighted by Crippen LogP contribution is 2.50. The fraction of sp³-hybridized carbons (Fsp3) is 0.667. The topological polar surface area (TPSA) is 66.6 Å². The van der Waals surface area contributed by atoms with Gasteiger partial charge in [0.1, 0.15) is 6.04 Å². The lowest BCUT2D eigenvalue weighted by Crippen LogP contribution is -2.65. The van der Waals surface area contributed by atoms with E-state index in [0.717, 1.165) is 0 Å². The van der Waals surface area contributed by atoms with Gasteiger partial charge in [-0.15, -0.1) is 0 Å². The van der Waals surface area contributed by atoms with Crippen LogP contribution in [-0.4, -0.2) is 52.0 Å². The number of nitrogens with two attached hydrogens (primary N) is 1. The van der Waals surface area contributed by atoms with Crippen LogP contribution in [0, 0.1) is 5.92 Å². The minimum Gasteiger partial charge on any atom is -0.380 e. The van der Waals surface area contributed by atoms with Crippen LogP contribution in [0.1, 0.15) is 44.1 Å². The third kappa shape index (κ3) is 4.84. The fourth-order valence-corrected chi connectivity index (χ4v) is 5.06. The molecule has 31 heavy (non-hydrogen) atoms. The molecule has 10 heteroatoms. The number of primary amides is 1. The molecule has 0 unspecified atom stereocenters. The Labute approximate surface area is 176 Å². The summed E-state index contributed by atoms with van der Waals surface area (Å²) >= 11 is 0. The molecule has 1 aromatic carbocycles. The average molecular weight is 452 g/mol. The summed E-state index contributed by atoms with van der Waals surface area (Å²) < 4.78 is 82.1. The molecule has 0 bridgehead atoms. The maximum absolute atomic E-state index is 14.0. The fourth-order valence-electron chi connectivity index (χ4n) is 5.06. The summed E-state index contributed by atoms with van der Waals surface area (Å²) in [4.78, 5) is 12.8. The molecule has 4 nitrogen and oxygen atoms in total. The van der Waals surface area contributed by atoms with E-state index in [4.69, 9.17) is 5.73 Å². The van der Waals surface area contributed by atoms with Crippen LogP contribution in [0.25, 0.3) is 0 Å². The second-order valence-corrected chi connectivity index (χ2v) is 8.79. The smallest absolute Gasteiger partial charge is 0.380 e. The Morgan fingerprint density at radius 2 is 1.65 bits per heavy atom. The number of piperidine rings is 1. The number of nitrogens with zero attached hydrogens (tertiary/aromatic N) is 1. The van der Waals surface area contributed by atoms with Gasteiger partial charge in [-0.1, -0.05) is 30.3 Å². The lowest BCUT2D eigenvalue weighted by Gasteiger charge is -2.55. The van der Waals surface area contributed by atoms with Gasteiger partial charge in [0.15, 0.2) is 5.60 Å². The van der Waals surface area contributed by atoms with Gasteiger partial charge in [0.2, 0.25) is 5.91 Å². The molecule has 1 aromatic rings. The van der Waals surface area contributed by atoms with E-state index >= 15 is 0 Å². The SMILES string of the molecule is NC(=O)[C@@H]1CCN(C2(Cc3ccccc3)CCC(O)(C(F)(F)F)CC2)[C@@H](C(F)(F)F)C1. The van der Waals surface area contributed by atoms with Crippen LogP contribution in [0.15, 0.2) is 30.3 Å². The van der Waals surface area contributed by atoms with Crippen LogP contribution >= 0.6 is 0 Å². The maximum Gasteiger partial charge on any atom is 0.417 e. The molecular formula is C21H26F6N2O2. The molecule has 174 valence electrons. The van der Waals surface area contributed by atoms with Crippen molar-refractivity contribution < 1.29 is 36.2 Å². The zero-order chi connectivity index (χ0) is 23.1. The standard InChI is InChI=1S/C21H26F6N2O2/c22-20(23,24)16-12-15(17(28)30)6-11-29(16)18(13-14-4-2-1-3-5-14)7-9-19(31,10-8-18)21(25,26)27/h1-5,15-16,31H,6-13H2,(H2,28,30)/t15-,16-,18?,19?/m1/s1. The Morgan fingerprint density at radius 3 is 2.13 bits per heavy atom. The molecule has 1 aliphatic heterocycles. The zero-order valence-electron chi connectivity index (χ0n) is 16.8. The van der Waals surface area contributed by atoms with E-state index in [2.05, 4.69) is 0 Å². The van der Waals surface area contributed by atoms with Gasteiger partial charge < -0.3 is 10.8 Å². The maximum atomic E-state index is 14.0. The first-order valence-corrected chi connectivity index (χ1v) is 10.2. The lowest BCUT2D eigenvalue weighted by molar-refractivity contribution is -0.281. The van der Waals surface area contributed by atoms with Crippen LogP contribution in [0.5, 0.6) is 0 Å². The summed E-state index contributed by atoms with van der Waals surface area (Å²) in [5, 5.41) is 10.1. The van der Waals surface area contributed by atoms with E-state index in [1.54, 1.807) is 30.3 Å². The summed E-state index contributed by atoms with van der Waals surface area (Å²) in [6.45, 7) is -0.102. The van der Waals surface area contributed by atoms with Gasteiger partial charge in [-0.25, -0.2) is 0 Å². The quantitative estimate of drug-likeness (QED) is 0.680. The second kappa shape index (κ2) is 8.27. The largest absolute Gasteiger partial charge is 0.417 e. The normalized spacial score (nSPS) is 33.3. The van der Waals surface area contributed by atoms with E-state index in [1.807, 2.05) is 0 Å². The Hall–Kier alpha value is -1.81. The molecular weight excluding hydrogens is 426 g/mol. The molecule has 1 aliphatic carbocycles. The molecule has 0 radical (unpaired) electrons. The number of rotatable bonds is 4. The zero-order valence-corrected chi connectivity index (χ0v) is 16.8. The first-order chi connectivity index (χ1) is 14.3. The molecule has 0 spiro atoms. The Kier molecular flexibility index (Phi) is 6.36. The van der Waals surface area contributed by atoms with Crippen molar-refractivity contribution in [1.29, 1.82) is 0 Å². The van der Waals surface area contributed by atoms with Crippen molar-refractivity contribution in [3.63, 3.8) is 0 Å². The third-order valence-corrected chi connectivity index (χ3v) is 6.90. The van der Waals surface area contributed by atoms with Crippen molar-refractivity contribution in [3.8, 4) is 0 Å². The van der Waals surface area contributed by atoms with Crippen molar-refractivity contribution in [1.82, 2.24) is 4.90 Å². The highest BCUT2D eigenvalue weighted by molar-refractivity contribution is 5.76. The number of alkyl halides is 6. The van der Waals surface area contributed by atoms with E-state index in [9.17, 15) is 36.2 Å². The van der Waals surface area contributed by atoms with Gasteiger partial charge in [-0.05, 0) is 50.5 Å².